The number of aromatic nitrogens is 1. The monoisotopic (exact) mass is 453 g/mol. The Balaban J connectivity index is 1.30. The number of hydrogen-bond donors (Lipinski definition) is 1. The van der Waals surface area contributed by atoms with Crippen molar-refractivity contribution in [2.24, 2.45) is 11.8 Å². The average Bonchev–Trinajstić information content (AvgIpc) is 3.14. The van der Waals surface area contributed by atoms with Gasteiger partial charge in [-0.1, -0.05) is 0 Å². The molecule has 2 aromatic rings. The third-order valence-corrected chi connectivity index (χ3v) is 6.32. The molecular weight excluding hydrogens is 430 g/mol. The number of carbonyl (C=O) groups is 1. The highest BCUT2D eigenvalue weighted by molar-refractivity contribution is 6.03. The minimum absolute atomic E-state index is 0.00208. The molecule has 1 amide bonds. The zero-order valence-corrected chi connectivity index (χ0v) is 17.3. The fourth-order valence-electron chi connectivity index (χ4n) is 4.66. The topological polar surface area (TPSA) is 67.6 Å². The van der Waals surface area contributed by atoms with Gasteiger partial charge < -0.3 is 19.4 Å². The van der Waals surface area contributed by atoms with Gasteiger partial charge in [-0.15, -0.1) is 0 Å². The van der Waals surface area contributed by atoms with Crippen LogP contribution in [0.2, 0.25) is 0 Å². The predicted octanol–water partition coefficient (Wildman–Crippen LogP) is 4.95. The molecule has 0 radical (unpaired) electrons. The van der Waals surface area contributed by atoms with Crippen molar-refractivity contribution in [1.82, 2.24) is 4.98 Å². The van der Waals surface area contributed by atoms with Crippen molar-refractivity contribution in [2.45, 2.75) is 50.8 Å². The number of nitrogens with zero attached hydrogens (tertiary/aromatic N) is 2. The van der Waals surface area contributed by atoms with E-state index in [1.807, 2.05) is 0 Å². The van der Waals surface area contributed by atoms with Crippen LogP contribution in [0.3, 0.4) is 0 Å². The van der Waals surface area contributed by atoms with Gasteiger partial charge in [0.25, 0.3) is 11.9 Å². The summed E-state index contributed by atoms with van der Waals surface area (Å²) in [5, 5.41) is 2.42. The highest BCUT2D eigenvalue weighted by Crippen LogP contribution is 2.52. The molecule has 32 heavy (non-hydrogen) atoms. The third kappa shape index (κ3) is 4.54. The number of alkyl halides is 3. The van der Waals surface area contributed by atoms with Gasteiger partial charge in [0.15, 0.2) is 17.3 Å². The second kappa shape index (κ2) is 7.97. The van der Waals surface area contributed by atoms with Gasteiger partial charge >= 0.3 is 6.18 Å². The first kappa shape index (κ1) is 21.1. The standard InChI is InChI=1S/C22H23F4N3O3/c23-16-10-14(3-4-17(16)31-15-8-12-7-13(12)9-15)27-20(30)19-18(11-22(24,25)26)32-21(28-19)29-5-1-2-6-29/h3-4,10,12-13,15H,1-2,5-9,11H2,(H,27,30)/t12-,13?,15?/m1/s1. The molecule has 3 aliphatic rings. The number of nitrogens with one attached hydrogen (secondary N) is 1. The number of carbonyl (C=O) groups excluding carboxylic acids is 1. The minimum Gasteiger partial charge on any atom is -0.487 e. The van der Waals surface area contributed by atoms with Crippen LogP contribution in [0.15, 0.2) is 22.6 Å². The highest BCUT2D eigenvalue weighted by Gasteiger charge is 2.47. The number of halogens is 4. The van der Waals surface area contributed by atoms with Crippen LogP contribution < -0.4 is 15.0 Å². The highest BCUT2D eigenvalue weighted by atomic mass is 19.4. The molecule has 2 saturated carbocycles. The van der Waals surface area contributed by atoms with E-state index in [4.69, 9.17) is 9.15 Å². The number of anilines is 2. The third-order valence-electron chi connectivity index (χ3n) is 6.32. The summed E-state index contributed by atoms with van der Waals surface area (Å²) in [4.78, 5) is 18.4. The van der Waals surface area contributed by atoms with Gasteiger partial charge in [0.05, 0.1) is 6.10 Å². The lowest BCUT2D eigenvalue weighted by molar-refractivity contribution is -0.130. The van der Waals surface area contributed by atoms with Crippen LogP contribution in [0, 0.1) is 17.7 Å². The molecule has 0 bridgehead atoms. The van der Waals surface area contributed by atoms with Gasteiger partial charge in [0.1, 0.15) is 12.2 Å². The Morgan fingerprint density at radius 2 is 1.91 bits per heavy atom. The Kier molecular flexibility index (Phi) is 5.25. The Labute approximate surface area is 181 Å². The second-order valence-corrected chi connectivity index (χ2v) is 8.82. The molecule has 172 valence electrons. The van der Waals surface area contributed by atoms with Crippen LogP contribution in [-0.2, 0) is 6.42 Å². The van der Waals surface area contributed by atoms with Crippen LogP contribution in [0.25, 0.3) is 0 Å². The maximum Gasteiger partial charge on any atom is 0.396 e. The maximum atomic E-state index is 14.5. The van der Waals surface area contributed by atoms with Crippen molar-refractivity contribution in [3.8, 4) is 5.75 Å². The molecule has 2 aliphatic carbocycles. The normalized spacial score (nSPS) is 24.5. The quantitative estimate of drug-likeness (QED) is 0.627. The number of amides is 1. The molecular formula is C22H23F4N3O3. The van der Waals surface area contributed by atoms with E-state index < -0.39 is 35.8 Å². The van der Waals surface area contributed by atoms with E-state index in [1.165, 1.54) is 18.6 Å². The van der Waals surface area contributed by atoms with Crippen molar-refractivity contribution in [2.75, 3.05) is 23.3 Å². The number of benzene rings is 1. The van der Waals surface area contributed by atoms with E-state index >= 15 is 0 Å². The van der Waals surface area contributed by atoms with E-state index in [-0.39, 0.29) is 23.6 Å². The number of oxazole rings is 1. The molecule has 1 aromatic carbocycles. The number of fused-ring (bicyclic) bond motifs is 1. The fraction of sp³-hybridized carbons (Fsp3) is 0.545. The smallest absolute Gasteiger partial charge is 0.396 e. The van der Waals surface area contributed by atoms with Crippen LogP contribution in [-0.4, -0.2) is 36.3 Å². The summed E-state index contributed by atoms with van der Waals surface area (Å²) in [5.41, 5.74) is -0.354. The summed E-state index contributed by atoms with van der Waals surface area (Å²) in [5.74, 6) is -0.595. The SMILES string of the molecule is O=C(Nc1ccc(OC2CC3C[C@@H]3C2)c(F)c1)c1nc(N2CCCC2)oc1CC(F)(F)F. The summed E-state index contributed by atoms with van der Waals surface area (Å²) in [6, 6.07) is 3.96. The van der Waals surface area contributed by atoms with E-state index in [1.54, 1.807) is 4.90 Å². The molecule has 10 heteroatoms. The zero-order chi connectivity index (χ0) is 22.5. The molecule has 2 unspecified atom stereocenters. The first-order valence-electron chi connectivity index (χ1n) is 10.8. The molecule has 5 rings (SSSR count). The van der Waals surface area contributed by atoms with Crippen molar-refractivity contribution in [1.29, 1.82) is 0 Å². The number of rotatable bonds is 6. The minimum atomic E-state index is -4.57. The molecule has 3 fully saturated rings. The van der Waals surface area contributed by atoms with Crippen LogP contribution in [0.4, 0.5) is 29.3 Å². The lowest BCUT2D eigenvalue weighted by Crippen LogP contribution is -2.19. The fourth-order valence-corrected chi connectivity index (χ4v) is 4.66. The van der Waals surface area contributed by atoms with E-state index in [9.17, 15) is 22.4 Å². The molecule has 2 heterocycles. The van der Waals surface area contributed by atoms with Crippen molar-refractivity contribution in [3.05, 3.63) is 35.5 Å². The molecule has 1 aromatic heterocycles. The largest absolute Gasteiger partial charge is 0.487 e. The lowest BCUT2D eigenvalue weighted by Gasteiger charge is -2.16. The van der Waals surface area contributed by atoms with Gasteiger partial charge in [-0.05, 0) is 56.1 Å². The first-order valence-corrected chi connectivity index (χ1v) is 10.8. The van der Waals surface area contributed by atoms with Crippen molar-refractivity contribution in [3.63, 3.8) is 0 Å². The van der Waals surface area contributed by atoms with Crippen LogP contribution in [0.5, 0.6) is 5.75 Å². The van der Waals surface area contributed by atoms with Gasteiger partial charge in [0.2, 0.25) is 0 Å². The second-order valence-electron chi connectivity index (χ2n) is 8.82. The Morgan fingerprint density at radius 3 is 2.56 bits per heavy atom. The van der Waals surface area contributed by atoms with Gasteiger partial charge in [-0.25, -0.2) is 4.39 Å². The first-order chi connectivity index (χ1) is 15.2. The molecule has 1 N–H and O–H groups in total. The lowest BCUT2D eigenvalue weighted by atomic mass is 10.2. The zero-order valence-electron chi connectivity index (χ0n) is 17.3. The molecule has 6 nitrogen and oxygen atoms in total. The van der Waals surface area contributed by atoms with E-state index in [0.717, 1.165) is 31.7 Å². The average molecular weight is 453 g/mol. The number of hydrogen-bond acceptors (Lipinski definition) is 5. The Hall–Kier alpha value is -2.78. The van der Waals surface area contributed by atoms with E-state index in [0.29, 0.717) is 24.9 Å². The predicted molar refractivity (Wildman–Crippen MR) is 107 cm³/mol. The Morgan fingerprint density at radius 1 is 1.19 bits per heavy atom. The maximum absolute atomic E-state index is 14.5. The van der Waals surface area contributed by atoms with E-state index in [2.05, 4.69) is 10.3 Å². The molecule has 1 aliphatic heterocycles. The summed E-state index contributed by atoms with van der Waals surface area (Å²) < 4.78 is 64.5. The van der Waals surface area contributed by atoms with Crippen LogP contribution in [0.1, 0.15) is 48.4 Å². The van der Waals surface area contributed by atoms with Crippen molar-refractivity contribution >= 4 is 17.6 Å². The molecule has 3 atom stereocenters. The van der Waals surface area contributed by atoms with Gasteiger partial charge in [-0.2, -0.15) is 18.2 Å². The van der Waals surface area contributed by atoms with Crippen molar-refractivity contribution < 1.29 is 31.5 Å². The Bertz CT molecular complexity index is 1010. The molecule has 1 saturated heterocycles. The summed E-state index contributed by atoms with van der Waals surface area (Å²) in [6.45, 7) is 1.20. The molecule has 0 spiro atoms. The summed E-state index contributed by atoms with van der Waals surface area (Å²) in [7, 11) is 0. The summed E-state index contributed by atoms with van der Waals surface area (Å²) in [6.07, 6.45) is -1.16. The van der Waals surface area contributed by atoms with Gasteiger partial charge in [0, 0.05) is 24.8 Å². The summed E-state index contributed by atoms with van der Waals surface area (Å²) >= 11 is 0. The number of ether oxygens (including phenoxy) is 1. The van der Waals surface area contributed by atoms with Crippen LogP contribution >= 0.6 is 0 Å². The van der Waals surface area contributed by atoms with Gasteiger partial charge in [-0.3, -0.25) is 4.79 Å².